The minimum absolute atomic E-state index is 0.717. The third-order valence-corrected chi connectivity index (χ3v) is 4.71. The molecule has 27 heavy (non-hydrogen) atoms. The smallest absolute Gasteiger partial charge is 0.152 e. The standard InChI is InChI=1S/C23H26N4/c1-15-13-16(2)23(17(3)14-15)26-19(5)21-11-10-20(27(21)6)18(4)25-22-9-7-8-12-24-22/h7-14H,1-6H3/b25-18+,26-19?. The Morgan fingerprint density at radius 3 is 2.00 bits per heavy atom. The van der Waals surface area contributed by atoms with E-state index in [1.165, 1.54) is 16.7 Å². The molecule has 0 aliphatic heterocycles. The number of aliphatic imine (C=N–C) groups is 2. The molecule has 4 heteroatoms. The van der Waals surface area contributed by atoms with Gasteiger partial charge in [0.25, 0.3) is 0 Å². The first kappa shape index (κ1) is 18.8. The summed E-state index contributed by atoms with van der Waals surface area (Å²) in [5.74, 6) is 0.717. The van der Waals surface area contributed by atoms with Gasteiger partial charge in [-0.2, -0.15) is 0 Å². The maximum absolute atomic E-state index is 4.93. The van der Waals surface area contributed by atoms with Gasteiger partial charge in [-0.15, -0.1) is 0 Å². The second-order valence-electron chi connectivity index (χ2n) is 6.99. The molecule has 0 saturated carbocycles. The molecule has 0 bridgehead atoms. The molecule has 0 N–H and O–H groups in total. The van der Waals surface area contributed by atoms with E-state index in [2.05, 4.69) is 73.6 Å². The summed E-state index contributed by atoms with van der Waals surface area (Å²) < 4.78 is 2.14. The second kappa shape index (κ2) is 7.70. The van der Waals surface area contributed by atoms with Gasteiger partial charge in [-0.1, -0.05) is 23.8 Å². The molecule has 0 aliphatic rings. The highest BCUT2D eigenvalue weighted by molar-refractivity contribution is 6.03. The Morgan fingerprint density at radius 1 is 0.852 bits per heavy atom. The molecule has 0 spiro atoms. The summed E-state index contributed by atoms with van der Waals surface area (Å²) in [7, 11) is 2.05. The lowest BCUT2D eigenvalue weighted by atomic mass is 10.1. The second-order valence-corrected chi connectivity index (χ2v) is 6.99. The lowest BCUT2D eigenvalue weighted by molar-refractivity contribution is 0.900. The zero-order chi connectivity index (χ0) is 19.6. The number of hydrogen-bond donors (Lipinski definition) is 0. The largest absolute Gasteiger partial charge is 0.342 e. The number of aromatic nitrogens is 2. The maximum atomic E-state index is 4.93. The maximum Gasteiger partial charge on any atom is 0.152 e. The number of benzene rings is 1. The first-order valence-corrected chi connectivity index (χ1v) is 9.12. The topological polar surface area (TPSA) is 42.5 Å². The molecule has 0 aliphatic carbocycles. The Hall–Kier alpha value is -3.01. The highest BCUT2D eigenvalue weighted by Crippen LogP contribution is 2.26. The Morgan fingerprint density at radius 2 is 1.44 bits per heavy atom. The van der Waals surface area contributed by atoms with E-state index in [4.69, 9.17) is 4.99 Å². The summed E-state index contributed by atoms with van der Waals surface area (Å²) >= 11 is 0. The van der Waals surface area contributed by atoms with E-state index in [1.54, 1.807) is 6.20 Å². The third kappa shape index (κ3) is 4.05. The SMILES string of the molecule is CC(=Nc1c(C)cc(C)cc1C)c1ccc(/C(C)=N/c2ccccn2)n1C. The van der Waals surface area contributed by atoms with Gasteiger partial charge in [0, 0.05) is 13.2 Å². The molecule has 3 rings (SSSR count). The summed E-state index contributed by atoms with van der Waals surface area (Å²) in [6.45, 7) is 10.4. The fourth-order valence-corrected chi connectivity index (χ4v) is 3.46. The van der Waals surface area contributed by atoms with E-state index in [0.717, 1.165) is 28.5 Å². The predicted molar refractivity (Wildman–Crippen MR) is 114 cm³/mol. The van der Waals surface area contributed by atoms with Gasteiger partial charge in [0.05, 0.1) is 28.5 Å². The summed E-state index contributed by atoms with van der Waals surface area (Å²) in [6.07, 6.45) is 1.76. The summed E-state index contributed by atoms with van der Waals surface area (Å²) in [5.41, 5.74) is 8.79. The van der Waals surface area contributed by atoms with Gasteiger partial charge in [0.15, 0.2) is 5.82 Å². The summed E-state index contributed by atoms with van der Waals surface area (Å²) in [6, 6.07) is 14.3. The Balaban J connectivity index is 1.97. The van der Waals surface area contributed by atoms with Crippen LogP contribution in [0.2, 0.25) is 0 Å². The normalized spacial score (nSPS) is 12.5. The third-order valence-electron chi connectivity index (χ3n) is 4.71. The number of nitrogens with zero attached hydrogens (tertiary/aromatic N) is 4. The number of pyridine rings is 1. The van der Waals surface area contributed by atoms with Crippen molar-refractivity contribution in [2.75, 3.05) is 0 Å². The molecule has 2 heterocycles. The zero-order valence-electron chi connectivity index (χ0n) is 16.9. The molecule has 0 unspecified atom stereocenters. The van der Waals surface area contributed by atoms with Crippen LogP contribution in [0.4, 0.5) is 11.5 Å². The van der Waals surface area contributed by atoms with Crippen molar-refractivity contribution in [1.29, 1.82) is 0 Å². The van der Waals surface area contributed by atoms with E-state index < -0.39 is 0 Å². The van der Waals surface area contributed by atoms with E-state index in [0.29, 0.717) is 5.82 Å². The molecule has 0 saturated heterocycles. The summed E-state index contributed by atoms with van der Waals surface area (Å²) in [5, 5.41) is 0. The quantitative estimate of drug-likeness (QED) is 0.558. The van der Waals surface area contributed by atoms with E-state index in [1.807, 2.05) is 25.1 Å². The summed E-state index contributed by atoms with van der Waals surface area (Å²) in [4.78, 5) is 13.8. The minimum atomic E-state index is 0.717. The fourth-order valence-electron chi connectivity index (χ4n) is 3.46. The van der Waals surface area contributed by atoms with E-state index in [9.17, 15) is 0 Å². The lowest BCUT2D eigenvalue weighted by Gasteiger charge is -2.10. The molecule has 138 valence electrons. The van der Waals surface area contributed by atoms with E-state index in [-0.39, 0.29) is 0 Å². The van der Waals surface area contributed by atoms with Crippen LogP contribution in [0, 0.1) is 20.8 Å². The van der Waals surface area contributed by atoms with Crippen molar-refractivity contribution in [3.63, 3.8) is 0 Å². The van der Waals surface area contributed by atoms with Crippen LogP contribution in [-0.4, -0.2) is 21.0 Å². The first-order valence-electron chi connectivity index (χ1n) is 9.12. The number of aryl methyl sites for hydroxylation is 3. The molecule has 0 radical (unpaired) electrons. The van der Waals surface area contributed by atoms with Gasteiger partial charge in [-0.3, -0.25) is 4.99 Å². The minimum Gasteiger partial charge on any atom is -0.342 e. The number of hydrogen-bond acceptors (Lipinski definition) is 3. The lowest BCUT2D eigenvalue weighted by Crippen LogP contribution is -2.09. The molecule has 2 aromatic heterocycles. The van der Waals surface area contributed by atoms with Crippen LogP contribution in [0.5, 0.6) is 0 Å². The highest BCUT2D eigenvalue weighted by Gasteiger charge is 2.11. The molecule has 1 aromatic carbocycles. The van der Waals surface area contributed by atoms with Gasteiger partial charge < -0.3 is 4.57 Å². The van der Waals surface area contributed by atoms with Crippen LogP contribution in [0.15, 0.2) is 58.6 Å². The Kier molecular flexibility index (Phi) is 5.36. The average Bonchev–Trinajstić information content (AvgIpc) is 3.00. The van der Waals surface area contributed by atoms with Crippen LogP contribution in [-0.2, 0) is 7.05 Å². The van der Waals surface area contributed by atoms with Crippen molar-refractivity contribution in [2.45, 2.75) is 34.6 Å². The van der Waals surface area contributed by atoms with Crippen molar-refractivity contribution < 1.29 is 0 Å². The van der Waals surface area contributed by atoms with Gasteiger partial charge in [-0.25, -0.2) is 9.98 Å². The van der Waals surface area contributed by atoms with Gasteiger partial charge >= 0.3 is 0 Å². The van der Waals surface area contributed by atoms with E-state index >= 15 is 0 Å². The molecule has 0 fully saturated rings. The molecule has 0 atom stereocenters. The Labute approximate surface area is 161 Å². The van der Waals surface area contributed by atoms with Crippen LogP contribution in [0.25, 0.3) is 0 Å². The predicted octanol–water partition coefficient (Wildman–Crippen LogP) is 5.63. The Bertz CT molecular complexity index is 1000. The molecule has 0 amide bonds. The van der Waals surface area contributed by atoms with Crippen LogP contribution < -0.4 is 0 Å². The molecular formula is C23H26N4. The number of rotatable bonds is 4. The monoisotopic (exact) mass is 358 g/mol. The van der Waals surface area contributed by atoms with Crippen LogP contribution in [0.1, 0.15) is 41.9 Å². The van der Waals surface area contributed by atoms with Crippen molar-refractivity contribution >= 4 is 22.9 Å². The first-order chi connectivity index (χ1) is 12.9. The van der Waals surface area contributed by atoms with Crippen molar-refractivity contribution in [1.82, 2.24) is 9.55 Å². The average molecular weight is 358 g/mol. The van der Waals surface area contributed by atoms with Gasteiger partial charge in [-0.05, 0) is 70.0 Å². The fraction of sp³-hybridized carbons (Fsp3) is 0.261. The molecule has 4 nitrogen and oxygen atoms in total. The van der Waals surface area contributed by atoms with Crippen molar-refractivity contribution in [3.8, 4) is 0 Å². The zero-order valence-corrected chi connectivity index (χ0v) is 16.9. The van der Waals surface area contributed by atoms with Crippen molar-refractivity contribution in [3.05, 3.63) is 76.7 Å². The van der Waals surface area contributed by atoms with Gasteiger partial charge in [0.1, 0.15) is 0 Å². The van der Waals surface area contributed by atoms with Crippen molar-refractivity contribution in [2.24, 2.45) is 17.0 Å². The molecule has 3 aromatic rings. The van der Waals surface area contributed by atoms with Gasteiger partial charge in [0.2, 0.25) is 0 Å². The van der Waals surface area contributed by atoms with Crippen LogP contribution in [0.3, 0.4) is 0 Å². The van der Waals surface area contributed by atoms with Crippen LogP contribution >= 0.6 is 0 Å². The highest BCUT2D eigenvalue weighted by atomic mass is 15.0. The molecular weight excluding hydrogens is 332 g/mol.